The van der Waals surface area contributed by atoms with Gasteiger partial charge in [-0.25, -0.2) is 4.98 Å². The van der Waals surface area contributed by atoms with Crippen LogP contribution in [0, 0.1) is 6.92 Å². The van der Waals surface area contributed by atoms with E-state index in [9.17, 15) is 4.79 Å². The number of halogens is 1. The maximum absolute atomic E-state index is 12.4. The molecule has 0 bridgehead atoms. The van der Waals surface area contributed by atoms with Crippen molar-refractivity contribution in [1.82, 2.24) is 20.1 Å². The highest BCUT2D eigenvalue weighted by Gasteiger charge is 2.28. The number of carbonyl (C=O) groups is 1. The first-order valence-electron chi connectivity index (χ1n) is 6.57. The van der Waals surface area contributed by atoms with E-state index in [0.29, 0.717) is 17.0 Å². The average molecular weight is 339 g/mol. The normalized spacial score (nSPS) is 19.3. The lowest BCUT2D eigenvalue weighted by Crippen LogP contribution is -2.39. The van der Waals surface area contributed by atoms with Gasteiger partial charge < -0.3 is 9.32 Å². The van der Waals surface area contributed by atoms with Crippen LogP contribution in [0.5, 0.6) is 0 Å². The Balaban J connectivity index is 1.73. The third-order valence-corrected chi connectivity index (χ3v) is 3.90. The third-order valence-electron chi connectivity index (χ3n) is 3.47. The van der Waals surface area contributed by atoms with E-state index in [1.54, 1.807) is 12.1 Å². The first-order valence-corrected chi connectivity index (χ1v) is 7.36. The predicted octanol–water partition coefficient (Wildman–Crippen LogP) is 2.49. The van der Waals surface area contributed by atoms with Gasteiger partial charge in [-0.2, -0.15) is 5.10 Å². The summed E-state index contributed by atoms with van der Waals surface area (Å²) in [6.45, 7) is 3.26. The molecule has 0 radical (unpaired) electrons. The van der Waals surface area contributed by atoms with Gasteiger partial charge >= 0.3 is 0 Å². The van der Waals surface area contributed by atoms with E-state index in [0.717, 1.165) is 31.0 Å². The minimum atomic E-state index is -0.0762. The van der Waals surface area contributed by atoms with E-state index in [2.05, 4.69) is 31.1 Å². The Morgan fingerprint density at radius 1 is 1.55 bits per heavy atom. The Morgan fingerprint density at radius 2 is 2.40 bits per heavy atom. The highest BCUT2D eigenvalue weighted by atomic mass is 79.9. The zero-order valence-electron chi connectivity index (χ0n) is 11.1. The van der Waals surface area contributed by atoms with Crippen LogP contribution in [0.4, 0.5) is 0 Å². The van der Waals surface area contributed by atoms with Gasteiger partial charge in [0.15, 0.2) is 16.3 Å². The molecule has 1 amide bonds. The lowest BCUT2D eigenvalue weighted by molar-refractivity contribution is 0.0671. The molecular formula is C13H15BrN4O2. The van der Waals surface area contributed by atoms with Gasteiger partial charge in [-0.3, -0.25) is 9.89 Å². The summed E-state index contributed by atoms with van der Waals surface area (Å²) >= 11 is 3.21. The Kier molecular flexibility index (Phi) is 3.60. The molecule has 20 heavy (non-hydrogen) atoms. The van der Waals surface area contributed by atoms with E-state index >= 15 is 0 Å². The van der Waals surface area contributed by atoms with Gasteiger partial charge in [0.05, 0.1) is 0 Å². The monoisotopic (exact) mass is 338 g/mol. The second kappa shape index (κ2) is 5.40. The molecule has 7 heteroatoms. The van der Waals surface area contributed by atoms with Crippen molar-refractivity contribution >= 4 is 21.8 Å². The quantitative estimate of drug-likeness (QED) is 0.912. The number of carbonyl (C=O) groups excluding carboxylic acids is 1. The zero-order valence-corrected chi connectivity index (χ0v) is 12.7. The SMILES string of the molecule is Cc1nc([C@H]2CCCN(C(=O)c3ccc(Br)o3)C2)n[nH]1. The number of nitrogens with zero attached hydrogens (tertiary/aromatic N) is 3. The molecule has 1 N–H and O–H groups in total. The molecule has 0 spiro atoms. The van der Waals surface area contributed by atoms with Crippen LogP contribution in [-0.4, -0.2) is 39.1 Å². The zero-order chi connectivity index (χ0) is 14.1. The summed E-state index contributed by atoms with van der Waals surface area (Å²) in [4.78, 5) is 18.5. The summed E-state index contributed by atoms with van der Waals surface area (Å²) in [5, 5.41) is 7.06. The van der Waals surface area contributed by atoms with E-state index < -0.39 is 0 Å². The number of amides is 1. The van der Waals surface area contributed by atoms with E-state index in [4.69, 9.17) is 4.42 Å². The number of hydrogen-bond donors (Lipinski definition) is 1. The molecule has 0 aromatic carbocycles. The minimum absolute atomic E-state index is 0.0762. The smallest absolute Gasteiger partial charge is 0.289 e. The Bertz CT molecular complexity index is 621. The Morgan fingerprint density at radius 3 is 3.05 bits per heavy atom. The molecule has 6 nitrogen and oxygen atoms in total. The van der Waals surface area contributed by atoms with E-state index in [1.165, 1.54) is 0 Å². The van der Waals surface area contributed by atoms with Crippen molar-refractivity contribution in [3.63, 3.8) is 0 Å². The van der Waals surface area contributed by atoms with Crippen LogP contribution in [0.1, 0.15) is 41.0 Å². The molecular weight excluding hydrogens is 324 g/mol. The highest BCUT2D eigenvalue weighted by Crippen LogP contribution is 2.26. The van der Waals surface area contributed by atoms with Crippen LogP contribution in [0.2, 0.25) is 0 Å². The number of piperidine rings is 1. The van der Waals surface area contributed by atoms with Crippen LogP contribution in [-0.2, 0) is 0 Å². The summed E-state index contributed by atoms with van der Waals surface area (Å²) in [6, 6.07) is 3.42. The number of H-pyrrole nitrogens is 1. The second-order valence-electron chi connectivity index (χ2n) is 4.97. The van der Waals surface area contributed by atoms with Crippen molar-refractivity contribution in [2.75, 3.05) is 13.1 Å². The fourth-order valence-corrected chi connectivity index (χ4v) is 2.81. The molecule has 3 heterocycles. The molecule has 0 unspecified atom stereocenters. The fourth-order valence-electron chi connectivity index (χ4n) is 2.50. The van der Waals surface area contributed by atoms with Crippen LogP contribution in [0.25, 0.3) is 0 Å². The number of rotatable bonds is 2. The summed E-state index contributed by atoms with van der Waals surface area (Å²) in [5.74, 6) is 2.08. The molecule has 2 aromatic heterocycles. The van der Waals surface area contributed by atoms with Crippen LogP contribution in [0.15, 0.2) is 21.2 Å². The van der Waals surface area contributed by atoms with Gasteiger partial charge in [0, 0.05) is 19.0 Å². The van der Waals surface area contributed by atoms with Crippen molar-refractivity contribution < 1.29 is 9.21 Å². The van der Waals surface area contributed by atoms with Gasteiger partial charge in [0.1, 0.15) is 5.82 Å². The second-order valence-corrected chi connectivity index (χ2v) is 5.75. The largest absolute Gasteiger partial charge is 0.444 e. The molecule has 2 aromatic rings. The fraction of sp³-hybridized carbons (Fsp3) is 0.462. The Hall–Kier alpha value is -1.63. The van der Waals surface area contributed by atoms with Crippen molar-refractivity contribution in [3.8, 4) is 0 Å². The number of aromatic amines is 1. The first kappa shape index (κ1) is 13.4. The molecule has 1 saturated heterocycles. The number of aryl methyl sites for hydroxylation is 1. The molecule has 0 aliphatic carbocycles. The summed E-state index contributed by atoms with van der Waals surface area (Å²) in [7, 11) is 0. The van der Waals surface area contributed by atoms with Gasteiger partial charge in [-0.1, -0.05) is 0 Å². The molecule has 1 aliphatic rings. The molecule has 106 valence electrons. The standard InChI is InChI=1S/C13H15BrN4O2/c1-8-15-12(17-16-8)9-3-2-6-18(7-9)13(19)10-4-5-11(14)20-10/h4-5,9H,2-3,6-7H2,1H3,(H,15,16,17)/t9-/m0/s1. The van der Waals surface area contributed by atoms with Crippen molar-refractivity contribution in [3.05, 3.63) is 34.2 Å². The highest BCUT2D eigenvalue weighted by molar-refractivity contribution is 9.10. The van der Waals surface area contributed by atoms with Gasteiger partial charge in [-0.15, -0.1) is 0 Å². The molecule has 0 saturated carbocycles. The van der Waals surface area contributed by atoms with Crippen molar-refractivity contribution in [1.29, 1.82) is 0 Å². The lowest BCUT2D eigenvalue weighted by Gasteiger charge is -2.30. The summed E-state index contributed by atoms with van der Waals surface area (Å²) < 4.78 is 5.90. The van der Waals surface area contributed by atoms with Gasteiger partial charge in [0.2, 0.25) is 0 Å². The van der Waals surface area contributed by atoms with Crippen LogP contribution < -0.4 is 0 Å². The van der Waals surface area contributed by atoms with Gasteiger partial charge in [-0.05, 0) is 47.8 Å². The maximum atomic E-state index is 12.4. The lowest BCUT2D eigenvalue weighted by atomic mass is 9.97. The topological polar surface area (TPSA) is 75.0 Å². The minimum Gasteiger partial charge on any atom is -0.444 e. The number of likely N-dealkylation sites (tertiary alicyclic amines) is 1. The number of hydrogen-bond acceptors (Lipinski definition) is 4. The predicted molar refractivity (Wildman–Crippen MR) is 75.4 cm³/mol. The first-order chi connectivity index (χ1) is 9.63. The summed E-state index contributed by atoms with van der Waals surface area (Å²) in [6.07, 6.45) is 1.95. The summed E-state index contributed by atoms with van der Waals surface area (Å²) in [5.41, 5.74) is 0. The van der Waals surface area contributed by atoms with Gasteiger partial charge in [0.25, 0.3) is 5.91 Å². The molecule has 1 fully saturated rings. The number of nitrogens with one attached hydrogen (secondary N) is 1. The van der Waals surface area contributed by atoms with E-state index in [1.807, 2.05) is 11.8 Å². The van der Waals surface area contributed by atoms with E-state index in [-0.39, 0.29) is 11.8 Å². The number of furan rings is 1. The maximum Gasteiger partial charge on any atom is 0.289 e. The Labute approximate surface area is 124 Å². The molecule has 1 atom stereocenters. The van der Waals surface area contributed by atoms with Crippen LogP contribution >= 0.6 is 15.9 Å². The van der Waals surface area contributed by atoms with Crippen LogP contribution in [0.3, 0.4) is 0 Å². The third kappa shape index (κ3) is 2.63. The van der Waals surface area contributed by atoms with Crippen molar-refractivity contribution in [2.45, 2.75) is 25.7 Å². The number of aromatic nitrogens is 3. The van der Waals surface area contributed by atoms with Crippen molar-refractivity contribution in [2.24, 2.45) is 0 Å². The molecule has 1 aliphatic heterocycles. The molecule has 3 rings (SSSR count). The average Bonchev–Trinajstić information content (AvgIpc) is 3.07.